The fraction of sp³-hybridized carbons (Fsp3) is 0.333. The summed E-state index contributed by atoms with van der Waals surface area (Å²) in [6, 6.07) is 4.87. The van der Waals surface area contributed by atoms with E-state index in [2.05, 4.69) is 6.92 Å². The van der Waals surface area contributed by atoms with E-state index in [-0.39, 0.29) is 11.9 Å². The normalized spacial score (nSPS) is 27.2. The van der Waals surface area contributed by atoms with Crippen molar-refractivity contribution in [1.29, 1.82) is 0 Å². The van der Waals surface area contributed by atoms with Gasteiger partial charge in [-0.15, -0.1) is 11.8 Å². The van der Waals surface area contributed by atoms with E-state index in [9.17, 15) is 4.39 Å². The van der Waals surface area contributed by atoms with E-state index in [1.165, 1.54) is 6.07 Å². The second-order valence-electron chi connectivity index (χ2n) is 3.03. The van der Waals surface area contributed by atoms with Crippen LogP contribution in [0.1, 0.15) is 18.5 Å². The van der Waals surface area contributed by atoms with Crippen LogP contribution in [-0.2, 0) is 0 Å². The van der Waals surface area contributed by atoms with Crippen molar-refractivity contribution in [2.24, 2.45) is 5.73 Å². The van der Waals surface area contributed by atoms with Crippen LogP contribution in [0.15, 0.2) is 23.1 Å². The van der Waals surface area contributed by atoms with Crippen LogP contribution in [0, 0.1) is 5.82 Å². The van der Waals surface area contributed by atoms with Gasteiger partial charge < -0.3 is 5.73 Å². The predicted octanol–water partition coefficient (Wildman–Crippen LogP) is 2.32. The van der Waals surface area contributed by atoms with E-state index in [1.54, 1.807) is 23.9 Å². The minimum atomic E-state index is -0.178. The Hall–Kier alpha value is -0.540. The number of benzene rings is 1. The van der Waals surface area contributed by atoms with Crippen LogP contribution >= 0.6 is 11.8 Å². The Balaban J connectivity index is 2.47. The number of halogens is 1. The summed E-state index contributed by atoms with van der Waals surface area (Å²) in [5, 5.41) is 0.363. The van der Waals surface area contributed by atoms with E-state index < -0.39 is 0 Å². The summed E-state index contributed by atoms with van der Waals surface area (Å²) in [6.07, 6.45) is 0. The second kappa shape index (κ2) is 2.75. The first-order chi connectivity index (χ1) is 5.68. The Labute approximate surface area is 75.1 Å². The number of hydrogen-bond acceptors (Lipinski definition) is 2. The van der Waals surface area contributed by atoms with Gasteiger partial charge in [0, 0.05) is 16.2 Å². The largest absolute Gasteiger partial charge is 0.323 e. The molecule has 0 spiro atoms. The number of rotatable bonds is 0. The van der Waals surface area contributed by atoms with Gasteiger partial charge in [0.15, 0.2) is 0 Å². The molecule has 64 valence electrons. The van der Waals surface area contributed by atoms with Gasteiger partial charge in [0.2, 0.25) is 0 Å². The molecule has 1 aliphatic heterocycles. The molecule has 2 rings (SSSR count). The lowest BCUT2D eigenvalue weighted by Gasteiger charge is -2.07. The Morgan fingerprint density at radius 2 is 2.25 bits per heavy atom. The van der Waals surface area contributed by atoms with Gasteiger partial charge in [0.05, 0.1) is 0 Å². The smallest absolute Gasteiger partial charge is 0.124 e. The van der Waals surface area contributed by atoms with Gasteiger partial charge in [-0.05, 0) is 17.7 Å². The molecule has 1 aliphatic rings. The molecule has 1 aromatic carbocycles. The zero-order chi connectivity index (χ0) is 8.72. The van der Waals surface area contributed by atoms with Crippen LogP contribution in [-0.4, -0.2) is 5.25 Å². The molecule has 0 saturated heterocycles. The van der Waals surface area contributed by atoms with Gasteiger partial charge in [0.1, 0.15) is 5.82 Å². The molecule has 2 N–H and O–H groups in total. The fourth-order valence-corrected chi connectivity index (χ4v) is 2.63. The molecule has 1 nitrogen and oxygen atoms in total. The molecule has 0 saturated carbocycles. The van der Waals surface area contributed by atoms with E-state index in [4.69, 9.17) is 5.73 Å². The minimum absolute atomic E-state index is 0.0607. The SMILES string of the molecule is CC1Sc2cc(F)ccc2C1N. The molecular formula is C9H10FNS. The zero-order valence-electron chi connectivity index (χ0n) is 6.75. The number of nitrogens with two attached hydrogens (primary N) is 1. The van der Waals surface area contributed by atoms with Crippen molar-refractivity contribution in [1.82, 2.24) is 0 Å². The molecule has 0 aliphatic carbocycles. The third kappa shape index (κ3) is 1.13. The average Bonchev–Trinajstić information content (AvgIpc) is 2.28. The highest BCUT2D eigenvalue weighted by Crippen LogP contribution is 2.42. The molecule has 1 aromatic rings. The topological polar surface area (TPSA) is 26.0 Å². The molecule has 12 heavy (non-hydrogen) atoms. The van der Waals surface area contributed by atoms with Crippen LogP contribution in [0.3, 0.4) is 0 Å². The first-order valence-corrected chi connectivity index (χ1v) is 4.78. The summed E-state index contributed by atoms with van der Waals surface area (Å²) in [5.41, 5.74) is 6.97. The van der Waals surface area contributed by atoms with Gasteiger partial charge in [-0.3, -0.25) is 0 Å². The van der Waals surface area contributed by atoms with Crippen molar-refractivity contribution in [2.45, 2.75) is 23.1 Å². The second-order valence-corrected chi connectivity index (χ2v) is 4.45. The lowest BCUT2D eigenvalue weighted by Crippen LogP contribution is -2.15. The number of fused-ring (bicyclic) bond motifs is 1. The maximum Gasteiger partial charge on any atom is 0.124 e. The highest BCUT2D eigenvalue weighted by Gasteiger charge is 2.26. The lowest BCUT2D eigenvalue weighted by molar-refractivity contribution is 0.621. The average molecular weight is 183 g/mol. The maximum atomic E-state index is 12.8. The third-order valence-corrected chi connectivity index (χ3v) is 3.43. The van der Waals surface area contributed by atoms with E-state index in [0.29, 0.717) is 5.25 Å². The molecule has 0 radical (unpaired) electrons. The maximum absolute atomic E-state index is 12.8. The standard InChI is InChI=1S/C9H10FNS/c1-5-9(11)7-3-2-6(10)4-8(7)12-5/h2-5,9H,11H2,1H3. The van der Waals surface area contributed by atoms with Crippen molar-refractivity contribution >= 4 is 11.8 Å². The minimum Gasteiger partial charge on any atom is -0.323 e. The summed E-state index contributed by atoms with van der Waals surface area (Å²) in [4.78, 5) is 0.995. The van der Waals surface area contributed by atoms with Crippen molar-refractivity contribution in [2.75, 3.05) is 0 Å². The van der Waals surface area contributed by atoms with Gasteiger partial charge in [0.25, 0.3) is 0 Å². The molecule has 2 unspecified atom stereocenters. The van der Waals surface area contributed by atoms with Crippen molar-refractivity contribution in [3.63, 3.8) is 0 Å². The highest BCUT2D eigenvalue weighted by atomic mass is 32.2. The van der Waals surface area contributed by atoms with Crippen LogP contribution in [0.2, 0.25) is 0 Å². The van der Waals surface area contributed by atoms with Gasteiger partial charge in [-0.1, -0.05) is 13.0 Å². The molecule has 0 aromatic heterocycles. The predicted molar refractivity (Wildman–Crippen MR) is 48.6 cm³/mol. The Bertz CT molecular complexity index is 313. The lowest BCUT2D eigenvalue weighted by atomic mass is 10.1. The Morgan fingerprint density at radius 1 is 1.50 bits per heavy atom. The third-order valence-electron chi connectivity index (χ3n) is 2.15. The molecule has 0 fully saturated rings. The Morgan fingerprint density at radius 3 is 3.00 bits per heavy atom. The molecule has 2 atom stereocenters. The first kappa shape index (κ1) is 8.08. The summed E-state index contributed by atoms with van der Waals surface area (Å²) in [5.74, 6) is -0.178. The van der Waals surface area contributed by atoms with Crippen molar-refractivity contribution < 1.29 is 4.39 Å². The number of thioether (sulfide) groups is 1. The fourth-order valence-electron chi connectivity index (χ4n) is 1.41. The highest BCUT2D eigenvalue weighted by molar-refractivity contribution is 8.00. The van der Waals surface area contributed by atoms with E-state index in [1.807, 2.05) is 0 Å². The van der Waals surface area contributed by atoms with Crippen molar-refractivity contribution in [3.8, 4) is 0 Å². The summed E-state index contributed by atoms with van der Waals surface area (Å²) in [7, 11) is 0. The van der Waals surface area contributed by atoms with Crippen LogP contribution in [0.25, 0.3) is 0 Å². The Kier molecular flexibility index (Phi) is 1.85. The summed E-state index contributed by atoms with van der Waals surface area (Å²) in [6.45, 7) is 2.06. The zero-order valence-corrected chi connectivity index (χ0v) is 7.57. The molecular weight excluding hydrogens is 173 g/mol. The molecule has 0 bridgehead atoms. The quantitative estimate of drug-likeness (QED) is 0.668. The summed E-state index contributed by atoms with van der Waals surface area (Å²) >= 11 is 1.65. The van der Waals surface area contributed by atoms with Gasteiger partial charge >= 0.3 is 0 Å². The molecule has 1 heterocycles. The summed E-state index contributed by atoms with van der Waals surface area (Å²) < 4.78 is 12.8. The van der Waals surface area contributed by atoms with E-state index >= 15 is 0 Å². The number of hydrogen-bond donors (Lipinski definition) is 1. The van der Waals surface area contributed by atoms with Crippen LogP contribution in [0.4, 0.5) is 4.39 Å². The molecule has 3 heteroatoms. The molecule has 0 amide bonds. The van der Waals surface area contributed by atoms with Crippen LogP contribution < -0.4 is 5.73 Å². The monoisotopic (exact) mass is 183 g/mol. The van der Waals surface area contributed by atoms with Gasteiger partial charge in [-0.2, -0.15) is 0 Å². The van der Waals surface area contributed by atoms with E-state index in [0.717, 1.165) is 10.5 Å². The first-order valence-electron chi connectivity index (χ1n) is 3.90. The van der Waals surface area contributed by atoms with Crippen LogP contribution in [0.5, 0.6) is 0 Å². The van der Waals surface area contributed by atoms with Gasteiger partial charge in [-0.25, -0.2) is 4.39 Å². The van der Waals surface area contributed by atoms with Crippen molar-refractivity contribution in [3.05, 3.63) is 29.6 Å².